The standard InChI is InChI=1S/C45H74O19/c1-17-16-57-45(13-24(17)47)18(2)29-26(64-45)11-23-21-7-10-44(56)14-27(25(48)12-43(44,6)22(21)8-9-42(23,29)5)60-40-36(55)34(53)37(28(15-46)61-40)62-41-38(33(52)31(50)20(4)59-41)63-39-35(54)32(51)30(49)19(3)58-39/h17-41,46-56H,7-16H2,1-6H3/t17-,18-,19-,20-,21+,22-,23-,24-,25+,26-,27+,28+,29-,30-,31-,32+,33+,34+,35+,36+,37+,38+,39+,40+,41+,42-,43+,44-,45+/m0/s1. The van der Waals surface area contributed by atoms with Crippen molar-refractivity contribution in [2.75, 3.05) is 13.2 Å². The second-order valence-electron chi connectivity index (χ2n) is 21.9. The first-order chi connectivity index (χ1) is 30.1. The van der Waals surface area contributed by atoms with E-state index in [1.54, 1.807) is 0 Å². The molecular weight excluding hydrogens is 844 g/mol. The number of ether oxygens (including phenoxy) is 8. The Kier molecular flexibility index (Phi) is 13.0. The number of aliphatic hydroxyl groups excluding tert-OH is 10. The van der Waals surface area contributed by atoms with Crippen LogP contribution in [0.5, 0.6) is 0 Å². The maximum atomic E-state index is 12.6. The Balaban J connectivity index is 0.858. The van der Waals surface area contributed by atoms with Crippen LogP contribution in [0.3, 0.4) is 0 Å². The molecule has 9 rings (SSSR count). The van der Waals surface area contributed by atoms with E-state index in [4.69, 9.17) is 37.9 Å². The lowest BCUT2D eigenvalue weighted by molar-refractivity contribution is -0.388. The number of fused-ring (bicyclic) bond motifs is 7. The average Bonchev–Trinajstić information content (AvgIpc) is 3.69. The predicted octanol–water partition coefficient (Wildman–Crippen LogP) is -1.62. The summed E-state index contributed by atoms with van der Waals surface area (Å²) in [5.74, 6) is 0.463. The van der Waals surface area contributed by atoms with Crippen LogP contribution in [0.4, 0.5) is 0 Å². The summed E-state index contributed by atoms with van der Waals surface area (Å²) in [6.07, 6.45) is -20.9. The van der Waals surface area contributed by atoms with Crippen LogP contribution < -0.4 is 0 Å². The summed E-state index contributed by atoms with van der Waals surface area (Å²) in [6.45, 7) is 11.3. The third kappa shape index (κ3) is 7.49. The molecule has 0 radical (unpaired) electrons. The molecule has 9 aliphatic rings. The van der Waals surface area contributed by atoms with Gasteiger partial charge < -0.3 is 94.1 Å². The van der Waals surface area contributed by atoms with Crippen LogP contribution in [-0.4, -0.2) is 197 Å². The van der Waals surface area contributed by atoms with Gasteiger partial charge in [0.05, 0.1) is 55.4 Å². The van der Waals surface area contributed by atoms with E-state index in [2.05, 4.69) is 20.8 Å². The average molecular weight is 919 g/mol. The normalized spacial score (nSPS) is 61.0. The molecule has 0 aromatic carbocycles. The zero-order valence-corrected chi connectivity index (χ0v) is 37.7. The summed E-state index contributed by atoms with van der Waals surface area (Å²) in [4.78, 5) is 0. The maximum Gasteiger partial charge on any atom is 0.187 e. The zero-order valence-electron chi connectivity index (χ0n) is 37.7. The van der Waals surface area contributed by atoms with Gasteiger partial charge in [-0.05, 0) is 81.5 Å². The molecule has 4 saturated carbocycles. The van der Waals surface area contributed by atoms with Gasteiger partial charge in [0.25, 0.3) is 0 Å². The van der Waals surface area contributed by atoms with Crippen molar-refractivity contribution < 1.29 is 94.1 Å². The second kappa shape index (κ2) is 17.3. The lowest BCUT2D eigenvalue weighted by Crippen LogP contribution is -2.68. The highest BCUT2D eigenvalue weighted by Gasteiger charge is 2.72. The minimum Gasteiger partial charge on any atom is -0.394 e. The first-order valence-electron chi connectivity index (χ1n) is 23.8. The second-order valence-corrected chi connectivity index (χ2v) is 21.9. The third-order valence-corrected chi connectivity index (χ3v) is 18.5. The van der Waals surface area contributed by atoms with Gasteiger partial charge in [0.2, 0.25) is 0 Å². The van der Waals surface area contributed by atoms with Crippen LogP contribution in [0.15, 0.2) is 0 Å². The van der Waals surface area contributed by atoms with Crippen molar-refractivity contribution in [3.05, 3.63) is 0 Å². The van der Waals surface area contributed by atoms with Crippen LogP contribution >= 0.6 is 0 Å². The third-order valence-electron chi connectivity index (χ3n) is 18.5. The summed E-state index contributed by atoms with van der Waals surface area (Å²) in [7, 11) is 0. The lowest BCUT2D eigenvalue weighted by atomic mass is 9.42. The molecule has 368 valence electrons. The molecule has 0 aromatic heterocycles. The van der Waals surface area contributed by atoms with E-state index >= 15 is 0 Å². The van der Waals surface area contributed by atoms with Crippen molar-refractivity contribution in [3.8, 4) is 0 Å². The van der Waals surface area contributed by atoms with E-state index in [1.165, 1.54) is 13.8 Å². The summed E-state index contributed by atoms with van der Waals surface area (Å²) in [5.41, 5.74) is -1.89. The molecule has 19 heteroatoms. The van der Waals surface area contributed by atoms with Crippen molar-refractivity contribution >= 4 is 0 Å². The van der Waals surface area contributed by atoms with Gasteiger partial charge in [-0.1, -0.05) is 27.7 Å². The van der Waals surface area contributed by atoms with Gasteiger partial charge in [-0.25, -0.2) is 0 Å². The Bertz CT molecular complexity index is 1660. The summed E-state index contributed by atoms with van der Waals surface area (Å²) >= 11 is 0. The molecule has 1 spiro atoms. The van der Waals surface area contributed by atoms with Gasteiger partial charge in [0.1, 0.15) is 61.0 Å². The molecule has 4 aliphatic carbocycles. The fourth-order valence-corrected chi connectivity index (χ4v) is 14.6. The number of hydrogen-bond donors (Lipinski definition) is 11. The quantitative estimate of drug-likeness (QED) is 0.128. The number of aliphatic hydroxyl groups is 11. The molecule has 64 heavy (non-hydrogen) atoms. The van der Waals surface area contributed by atoms with Gasteiger partial charge in [-0.3, -0.25) is 0 Å². The van der Waals surface area contributed by atoms with Crippen LogP contribution in [0, 0.1) is 46.3 Å². The molecule has 9 fully saturated rings. The van der Waals surface area contributed by atoms with E-state index in [1.807, 2.05) is 6.92 Å². The molecular formula is C45H74O19. The Labute approximate surface area is 373 Å². The fourth-order valence-electron chi connectivity index (χ4n) is 14.6. The molecule has 29 atom stereocenters. The Morgan fingerprint density at radius 3 is 1.94 bits per heavy atom. The van der Waals surface area contributed by atoms with Crippen LogP contribution in [0.2, 0.25) is 0 Å². The van der Waals surface area contributed by atoms with Crippen molar-refractivity contribution in [1.29, 1.82) is 0 Å². The first-order valence-corrected chi connectivity index (χ1v) is 23.8. The molecule has 19 nitrogen and oxygen atoms in total. The highest BCUT2D eigenvalue weighted by molar-refractivity contribution is 5.19. The first kappa shape index (κ1) is 48.3. The molecule has 5 saturated heterocycles. The predicted molar refractivity (Wildman–Crippen MR) is 217 cm³/mol. The van der Waals surface area contributed by atoms with Crippen LogP contribution in [0.25, 0.3) is 0 Å². The Morgan fingerprint density at radius 1 is 0.625 bits per heavy atom. The van der Waals surface area contributed by atoms with Crippen LogP contribution in [-0.2, 0) is 37.9 Å². The smallest absolute Gasteiger partial charge is 0.187 e. The topological polar surface area (TPSA) is 296 Å². The zero-order chi connectivity index (χ0) is 46.2. The molecule has 0 aromatic rings. The van der Waals surface area contributed by atoms with Crippen molar-refractivity contribution in [1.82, 2.24) is 0 Å². The highest BCUT2D eigenvalue weighted by atomic mass is 16.8. The fraction of sp³-hybridized carbons (Fsp3) is 1.00. The van der Waals surface area contributed by atoms with Gasteiger partial charge in [-0.2, -0.15) is 0 Å². The Morgan fingerprint density at radius 2 is 1.25 bits per heavy atom. The molecule has 0 bridgehead atoms. The molecule has 5 aliphatic heterocycles. The maximum absolute atomic E-state index is 12.6. The van der Waals surface area contributed by atoms with Crippen LogP contribution in [0.1, 0.15) is 92.9 Å². The van der Waals surface area contributed by atoms with Gasteiger partial charge in [-0.15, -0.1) is 0 Å². The largest absolute Gasteiger partial charge is 0.394 e. The Hall–Kier alpha value is -0.760. The minimum absolute atomic E-state index is 0.00755. The molecule has 5 heterocycles. The monoisotopic (exact) mass is 918 g/mol. The lowest BCUT2D eigenvalue weighted by Gasteiger charge is -2.65. The van der Waals surface area contributed by atoms with Crippen molar-refractivity contribution in [3.63, 3.8) is 0 Å². The summed E-state index contributed by atoms with van der Waals surface area (Å²) in [5, 5.41) is 122. The van der Waals surface area contributed by atoms with E-state index in [0.29, 0.717) is 31.3 Å². The molecule has 0 amide bonds. The molecule has 11 N–H and O–H groups in total. The van der Waals surface area contributed by atoms with Gasteiger partial charge in [0, 0.05) is 30.1 Å². The summed E-state index contributed by atoms with van der Waals surface area (Å²) < 4.78 is 48.7. The van der Waals surface area contributed by atoms with Gasteiger partial charge in [0.15, 0.2) is 24.7 Å². The van der Waals surface area contributed by atoms with Crippen molar-refractivity contribution in [2.45, 2.75) is 221 Å². The number of hydrogen-bond acceptors (Lipinski definition) is 19. The van der Waals surface area contributed by atoms with Gasteiger partial charge >= 0.3 is 0 Å². The van der Waals surface area contributed by atoms with E-state index < -0.39 is 134 Å². The molecule has 0 unspecified atom stereocenters. The van der Waals surface area contributed by atoms with E-state index in [0.717, 1.165) is 25.7 Å². The summed E-state index contributed by atoms with van der Waals surface area (Å²) in [6, 6.07) is 0. The van der Waals surface area contributed by atoms with E-state index in [9.17, 15) is 56.2 Å². The van der Waals surface area contributed by atoms with Crippen molar-refractivity contribution in [2.24, 2.45) is 46.3 Å². The highest BCUT2D eigenvalue weighted by Crippen LogP contribution is 2.72. The van der Waals surface area contributed by atoms with E-state index in [-0.39, 0.29) is 48.0 Å². The minimum atomic E-state index is -1.81. The number of rotatable bonds is 7. The SMILES string of the molecule is C[C@@H]1O[C@H](O[C@H]2[C@@H](O[C@H]3[C@H](O)[C@@H](O)[C@H](O[C@@H]4C[C@@]5(O)CC[C@H]6[C@@H]7C[C@@H]8O[C@]9(C[C@H](O)[C@@H](C)CO9)[C@@H](C)[C@@H]8[C@@]7(C)CC[C@@H]6[C@@]5(C)C[C@H]4O)O[C@@H]3CO)O[C@@H](C)[C@H](O)[C@H]2O)[C@H](O)[C@H](O)[C@H]1O.